The molecule has 3 rings (SSSR count). The van der Waals surface area contributed by atoms with Crippen LogP contribution in [0.3, 0.4) is 0 Å². The van der Waals surface area contributed by atoms with E-state index in [1.807, 2.05) is 29.6 Å². The Bertz CT molecular complexity index is 1120. The zero-order chi connectivity index (χ0) is 20.3. The van der Waals surface area contributed by atoms with Crippen molar-refractivity contribution in [3.05, 3.63) is 52.2 Å². The number of nitrogens with two attached hydrogens (primary N) is 1. The van der Waals surface area contributed by atoms with Crippen molar-refractivity contribution in [3.8, 4) is 11.3 Å². The van der Waals surface area contributed by atoms with Crippen LogP contribution < -0.4 is 15.8 Å². The van der Waals surface area contributed by atoms with Gasteiger partial charge in [0.25, 0.3) is 5.91 Å². The molecule has 0 unspecified atom stereocenters. The number of primary sulfonamides is 1. The van der Waals surface area contributed by atoms with E-state index in [-0.39, 0.29) is 15.7 Å². The second-order valence-electron chi connectivity index (χ2n) is 5.80. The molecule has 0 atom stereocenters. The van der Waals surface area contributed by atoms with Crippen molar-refractivity contribution in [1.82, 2.24) is 10.3 Å². The molecule has 2 aromatic heterocycles. The summed E-state index contributed by atoms with van der Waals surface area (Å²) in [5.41, 5.74) is 2.73. The molecule has 0 aliphatic rings. The molecule has 0 spiro atoms. The Kier molecular flexibility index (Phi) is 5.89. The minimum Gasteiger partial charge on any atom is -0.352 e. The SMILES string of the molecule is CC(=O)NCc1ccc(-c2csc(NC(=O)c3csc(S(N)(=O)=O)c3)n2)cc1. The number of hydrogen-bond acceptors (Lipinski definition) is 7. The van der Waals surface area contributed by atoms with Gasteiger partial charge >= 0.3 is 0 Å². The first kappa shape index (κ1) is 20.1. The smallest absolute Gasteiger partial charge is 0.258 e. The van der Waals surface area contributed by atoms with E-state index >= 15 is 0 Å². The van der Waals surface area contributed by atoms with Gasteiger partial charge in [-0.1, -0.05) is 24.3 Å². The summed E-state index contributed by atoms with van der Waals surface area (Å²) in [5, 5.41) is 14.1. The van der Waals surface area contributed by atoms with Gasteiger partial charge in [0, 0.05) is 29.8 Å². The minimum atomic E-state index is -3.83. The molecule has 0 aliphatic heterocycles. The highest BCUT2D eigenvalue weighted by Crippen LogP contribution is 2.26. The Balaban J connectivity index is 1.67. The number of anilines is 1. The summed E-state index contributed by atoms with van der Waals surface area (Å²) in [4.78, 5) is 27.6. The molecule has 11 heteroatoms. The number of carbonyl (C=O) groups excluding carboxylic acids is 2. The van der Waals surface area contributed by atoms with Crippen molar-refractivity contribution < 1.29 is 18.0 Å². The summed E-state index contributed by atoms with van der Waals surface area (Å²) in [5.74, 6) is -0.552. The number of hydrogen-bond donors (Lipinski definition) is 3. The third kappa shape index (κ3) is 5.01. The summed E-state index contributed by atoms with van der Waals surface area (Å²) in [7, 11) is -3.83. The fourth-order valence-corrected chi connectivity index (χ4v) is 4.54. The number of thiophene rings is 1. The van der Waals surface area contributed by atoms with Crippen LogP contribution in [0.2, 0.25) is 0 Å². The number of amides is 2. The molecule has 0 saturated heterocycles. The average molecular weight is 437 g/mol. The van der Waals surface area contributed by atoms with Gasteiger partial charge in [-0.15, -0.1) is 22.7 Å². The van der Waals surface area contributed by atoms with Crippen LogP contribution in [-0.4, -0.2) is 25.2 Å². The molecule has 0 fully saturated rings. The number of thiazole rings is 1. The van der Waals surface area contributed by atoms with Crippen molar-refractivity contribution in [2.45, 2.75) is 17.7 Å². The van der Waals surface area contributed by atoms with E-state index in [4.69, 9.17) is 5.14 Å². The lowest BCUT2D eigenvalue weighted by Gasteiger charge is -2.03. The Morgan fingerprint density at radius 2 is 1.86 bits per heavy atom. The van der Waals surface area contributed by atoms with Gasteiger partial charge in [-0.05, 0) is 11.6 Å². The lowest BCUT2D eigenvalue weighted by atomic mass is 10.1. The normalized spacial score (nSPS) is 11.2. The number of nitrogens with one attached hydrogen (secondary N) is 2. The van der Waals surface area contributed by atoms with E-state index in [0.717, 1.165) is 22.5 Å². The molecule has 8 nitrogen and oxygen atoms in total. The van der Waals surface area contributed by atoms with Gasteiger partial charge in [-0.2, -0.15) is 0 Å². The van der Waals surface area contributed by atoms with Gasteiger partial charge in [-0.25, -0.2) is 18.5 Å². The van der Waals surface area contributed by atoms with Crippen LogP contribution in [0.25, 0.3) is 11.3 Å². The minimum absolute atomic E-state index is 0.0724. The van der Waals surface area contributed by atoms with Crippen LogP contribution in [0.4, 0.5) is 5.13 Å². The van der Waals surface area contributed by atoms with E-state index in [0.29, 0.717) is 17.4 Å². The van der Waals surface area contributed by atoms with Crippen molar-refractivity contribution >= 4 is 49.6 Å². The topological polar surface area (TPSA) is 131 Å². The van der Waals surface area contributed by atoms with Gasteiger partial charge in [0.2, 0.25) is 15.9 Å². The molecule has 1 aromatic carbocycles. The molecular formula is C17H16N4O4S3. The summed E-state index contributed by atoms with van der Waals surface area (Å²) < 4.78 is 22.5. The van der Waals surface area contributed by atoms with Gasteiger partial charge in [0.1, 0.15) is 4.21 Å². The van der Waals surface area contributed by atoms with E-state index in [1.54, 1.807) is 0 Å². The third-order valence-electron chi connectivity index (χ3n) is 3.63. The highest BCUT2D eigenvalue weighted by molar-refractivity contribution is 7.91. The highest BCUT2D eigenvalue weighted by Gasteiger charge is 2.16. The predicted octanol–water partition coefficient (Wildman–Crippen LogP) is 2.41. The van der Waals surface area contributed by atoms with Gasteiger partial charge in [-0.3, -0.25) is 14.9 Å². The average Bonchev–Trinajstić information content (AvgIpc) is 3.29. The van der Waals surface area contributed by atoms with E-state index in [9.17, 15) is 18.0 Å². The van der Waals surface area contributed by atoms with Gasteiger partial charge in [0.05, 0.1) is 11.3 Å². The van der Waals surface area contributed by atoms with Crippen molar-refractivity contribution in [2.75, 3.05) is 5.32 Å². The van der Waals surface area contributed by atoms with Crippen LogP contribution in [-0.2, 0) is 21.4 Å². The first-order valence-corrected chi connectivity index (χ1v) is 11.2. The Morgan fingerprint density at radius 3 is 2.46 bits per heavy atom. The van der Waals surface area contributed by atoms with E-state index in [1.165, 1.54) is 29.7 Å². The molecule has 2 heterocycles. The molecule has 3 aromatic rings. The van der Waals surface area contributed by atoms with Crippen LogP contribution in [0.15, 0.2) is 45.3 Å². The number of sulfonamides is 1. The standard InChI is InChI=1S/C17H16N4O4S3/c1-10(22)19-7-11-2-4-12(5-3-11)14-9-27-17(20-14)21-16(23)13-6-15(26-8-13)28(18,24)25/h2-6,8-9H,7H2,1H3,(H,19,22)(H2,18,24,25)(H,20,21,23). The first-order valence-electron chi connectivity index (χ1n) is 7.94. The monoisotopic (exact) mass is 436 g/mol. The van der Waals surface area contributed by atoms with Gasteiger partial charge in [0.15, 0.2) is 5.13 Å². The van der Waals surface area contributed by atoms with Crippen LogP contribution in [0.5, 0.6) is 0 Å². The fraction of sp³-hybridized carbons (Fsp3) is 0.118. The van der Waals surface area contributed by atoms with Crippen molar-refractivity contribution in [1.29, 1.82) is 0 Å². The van der Waals surface area contributed by atoms with Crippen molar-refractivity contribution in [3.63, 3.8) is 0 Å². The summed E-state index contributed by atoms with van der Waals surface area (Å²) in [6, 6.07) is 8.79. The number of benzene rings is 1. The second kappa shape index (κ2) is 8.19. The zero-order valence-corrected chi connectivity index (χ0v) is 17.1. The zero-order valence-electron chi connectivity index (χ0n) is 14.6. The highest BCUT2D eigenvalue weighted by atomic mass is 32.2. The Morgan fingerprint density at radius 1 is 1.14 bits per heavy atom. The molecule has 146 valence electrons. The summed E-state index contributed by atoms with van der Waals surface area (Å²) in [6.07, 6.45) is 0. The summed E-state index contributed by atoms with van der Waals surface area (Å²) in [6.45, 7) is 1.92. The van der Waals surface area contributed by atoms with Crippen LogP contribution >= 0.6 is 22.7 Å². The van der Waals surface area contributed by atoms with E-state index < -0.39 is 15.9 Å². The lowest BCUT2D eigenvalue weighted by Crippen LogP contribution is -2.18. The quantitative estimate of drug-likeness (QED) is 0.546. The molecular weight excluding hydrogens is 420 g/mol. The first-order chi connectivity index (χ1) is 13.2. The number of nitrogens with zero attached hydrogens (tertiary/aromatic N) is 1. The van der Waals surface area contributed by atoms with Crippen LogP contribution in [0.1, 0.15) is 22.8 Å². The molecule has 0 saturated carbocycles. The van der Waals surface area contributed by atoms with E-state index in [2.05, 4.69) is 15.6 Å². The Hall–Kier alpha value is -2.60. The third-order valence-corrected chi connectivity index (χ3v) is 6.78. The number of rotatable bonds is 6. The fourth-order valence-electron chi connectivity index (χ4n) is 2.24. The molecule has 0 aliphatic carbocycles. The van der Waals surface area contributed by atoms with Crippen LogP contribution in [0, 0.1) is 0 Å². The Labute approximate surface area is 169 Å². The number of aromatic nitrogens is 1. The maximum Gasteiger partial charge on any atom is 0.258 e. The molecule has 2 amide bonds. The van der Waals surface area contributed by atoms with Crippen molar-refractivity contribution in [2.24, 2.45) is 5.14 Å². The second-order valence-corrected chi connectivity index (χ2v) is 9.36. The number of carbonyl (C=O) groups is 2. The largest absolute Gasteiger partial charge is 0.352 e. The molecule has 28 heavy (non-hydrogen) atoms. The maximum atomic E-state index is 12.3. The maximum absolute atomic E-state index is 12.3. The molecule has 0 radical (unpaired) electrons. The summed E-state index contributed by atoms with van der Waals surface area (Å²) >= 11 is 2.15. The predicted molar refractivity (Wildman–Crippen MR) is 109 cm³/mol. The van der Waals surface area contributed by atoms with Gasteiger partial charge < -0.3 is 5.32 Å². The molecule has 4 N–H and O–H groups in total. The lowest BCUT2D eigenvalue weighted by molar-refractivity contribution is -0.119. The molecule has 0 bridgehead atoms.